The Morgan fingerprint density at radius 1 is 0.882 bits per heavy atom. The second kappa shape index (κ2) is 12.1. The van der Waals surface area contributed by atoms with Gasteiger partial charge < -0.3 is 20.0 Å². The van der Waals surface area contributed by atoms with E-state index in [2.05, 4.69) is 20.2 Å². The van der Waals surface area contributed by atoms with Crippen molar-refractivity contribution >= 4 is 45.3 Å². The van der Waals surface area contributed by atoms with E-state index in [1.807, 2.05) is 18.2 Å². The number of aromatic nitrogens is 5. The number of oxazole rings is 1. The SMILES string of the molecule is Nc1nc2cc(-c3ccc4ncc(C(=O)N5CCN(C(=O)c6cc(Cc7n[nH]c(=O)c8ccccc78)ccc6C(F)(F)F)CC5)n4c3)ccc2o1. The number of nitrogens with one attached hydrogen (secondary N) is 1. The largest absolute Gasteiger partial charge is 0.424 e. The Labute approximate surface area is 285 Å². The molecule has 3 N–H and O–H groups in total. The Bertz CT molecular complexity index is 2570. The highest BCUT2D eigenvalue weighted by Crippen LogP contribution is 2.34. The smallest absolute Gasteiger partial charge is 0.417 e. The van der Waals surface area contributed by atoms with E-state index in [1.54, 1.807) is 51.9 Å². The van der Waals surface area contributed by atoms with E-state index in [0.717, 1.165) is 17.2 Å². The van der Waals surface area contributed by atoms with Crippen LogP contribution in [0.3, 0.4) is 0 Å². The number of anilines is 1. The number of carbonyl (C=O) groups is 2. The maximum Gasteiger partial charge on any atom is 0.417 e. The molecule has 3 aromatic carbocycles. The number of rotatable bonds is 5. The fraction of sp³-hybridized carbons (Fsp3) is 0.167. The number of fused-ring (bicyclic) bond motifs is 3. The van der Waals surface area contributed by atoms with Gasteiger partial charge in [-0.2, -0.15) is 23.3 Å². The molecule has 15 heteroatoms. The summed E-state index contributed by atoms with van der Waals surface area (Å²) in [5.74, 6) is -1.12. The third-order valence-corrected chi connectivity index (χ3v) is 9.08. The van der Waals surface area contributed by atoms with Crippen LogP contribution in [0, 0.1) is 0 Å². The number of hydrogen-bond donors (Lipinski definition) is 2. The second-order valence-corrected chi connectivity index (χ2v) is 12.2. The van der Waals surface area contributed by atoms with Gasteiger partial charge in [-0.25, -0.2) is 10.1 Å². The average Bonchev–Trinajstić information content (AvgIpc) is 3.73. The predicted molar refractivity (Wildman–Crippen MR) is 181 cm³/mol. The molecule has 7 aromatic rings. The monoisotopic (exact) mass is 692 g/mol. The second-order valence-electron chi connectivity index (χ2n) is 12.2. The van der Waals surface area contributed by atoms with Gasteiger partial charge in [-0.15, -0.1) is 0 Å². The molecule has 1 aliphatic rings. The van der Waals surface area contributed by atoms with Gasteiger partial charge in [0.05, 0.1) is 28.4 Å². The van der Waals surface area contributed by atoms with Crippen molar-refractivity contribution in [1.29, 1.82) is 0 Å². The first-order valence-corrected chi connectivity index (χ1v) is 15.9. The lowest BCUT2D eigenvalue weighted by molar-refractivity contribution is -0.138. The molecule has 51 heavy (non-hydrogen) atoms. The van der Waals surface area contributed by atoms with Crippen LogP contribution < -0.4 is 11.3 Å². The van der Waals surface area contributed by atoms with E-state index in [4.69, 9.17) is 10.2 Å². The Balaban J connectivity index is 1.01. The van der Waals surface area contributed by atoms with Gasteiger partial charge in [0.25, 0.3) is 23.4 Å². The van der Waals surface area contributed by atoms with Crippen molar-refractivity contribution in [2.24, 2.45) is 0 Å². The summed E-state index contributed by atoms with van der Waals surface area (Å²) in [5, 5.41) is 7.52. The quantitative estimate of drug-likeness (QED) is 0.250. The molecule has 256 valence electrons. The van der Waals surface area contributed by atoms with Gasteiger partial charge in [-0.05, 0) is 59.2 Å². The number of pyridine rings is 1. The molecule has 0 bridgehead atoms. The summed E-state index contributed by atoms with van der Waals surface area (Å²) in [4.78, 5) is 51.1. The minimum Gasteiger partial charge on any atom is -0.424 e. The maximum atomic E-state index is 14.2. The first-order chi connectivity index (χ1) is 24.5. The summed E-state index contributed by atoms with van der Waals surface area (Å²) < 4.78 is 49.5. The highest BCUT2D eigenvalue weighted by molar-refractivity contribution is 5.97. The molecule has 0 unspecified atom stereocenters. The number of hydrogen-bond acceptors (Lipinski definition) is 8. The molecule has 12 nitrogen and oxygen atoms in total. The van der Waals surface area contributed by atoms with Crippen LogP contribution in [0.2, 0.25) is 0 Å². The van der Waals surface area contributed by atoms with Crippen molar-refractivity contribution in [3.05, 3.63) is 124 Å². The van der Waals surface area contributed by atoms with Crippen molar-refractivity contribution < 1.29 is 27.2 Å². The third-order valence-electron chi connectivity index (χ3n) is 9.08. The molecule has 1 aliphatic heterocycles. The number of amides is 2. The number of nitrogen functional groups attached to an aromatic ring is 1. The Hall–Kier alpha value is -6.51. The summed E-state index contributed by atoms with van der Waals surface area (Å²) in [6.45, 7) is 0.272. The topological polar surface area (TPSA) is 156 Å². The summed E-state index contributed by atoms with van der Waals surface area (Å²) in [6.07, 6.45) is -1.43. The van der Waals surface area contributed by atoms with Gasteiger partial charge in [-0.1, -0.05) is 30.3 Å². The molecule has 8 rings (SSSR count). The summed E-state index contributed by atoms with van der Waals surface area (Å²) in [5.41, 5.74) is 8.23. The molecule has 5 heterocycles. The highest BCUT2D eigenvalue weighted by Gasteiger charge is 2.37. The van der Waals surface area contributed by atoms with Crippen LogP contribution in [-0.4, -0.2) is 72.4 Å². The number of nitrogens with two attached hydrogens (primary N) is 1. The molecule has 2 amide bonds. The van der Waals surface area contributed by atoms with E-state index in [0.29, 0.717) is 44.5 Å². The van der Waals surface area contributed by atoms with Crippen LogP contribution in [-0.2, 0) is 12.6 Å². The lowest BCUT2D eigenvalue weighted by atomic mass is 9.98. The van der Waals surface area contributed by atoms with Gasteiger partial charge in [0.1, 0.15) is 16.9 Å². The number of nitrogens with zero attached hydrogens (tertiary/aromatic N) is 6. The molecule has 1 fully saturated rings. The Morgan fingerprint density at radius 3 is 2.37 bits per heavy atom. The van der Waals surface area contributed by atoms with E-state index in [-0.39, 0.29) is 50.1 Å². The molecular formula is C36H27F3N8O4. The number of benzene rings is 3. The van der Waals surface area contributed by atoms with Crippen molar-refractivity contribution in [3.63, 3.8) is 0 Å². The van der Waals surface area contributed by atoms with Crippen LogP contribution in [0.25, 0.3) is 38.6 Å². The van der Waals surface area contributed by atoms with E-state index in [1.165, 1.54) is 23.2 Å². The molecule has 4 aromatic heterocycles. The van der Waals surface area contributed by atoms with Crippen LogP contribution in [0.15, 0.2) is 94.4 Å². The molecule has 0 spiro atoms. The zero-order valence-electron chi connectivity index (χ0n) is 26.6. The number of H-pyrrole nitrogens is 1. The highest BCUT2D eigenvalue weighted by atomic mass is 19.4. The van der Waals surface area contributed by atoms with Crippen molar-refractivity contribution in [3.8, 4) is 11.1 Å². The minimum absolute atomic E-state index is 0.0288. The van der Waals surface area contributed by atoms with Crippen molar-refractivity contribution in [1.82, 2.24) is 34.4 Å². The van der Waals surface area contributed by atoms with Crippen molar-refractivity contribution in [2.45, 2.75) is 12.6 Å². The number of piperazine rings is 1. The van der Waals surface area contributed by atoms with E-state index < -0.39 is 23.2 Å². The predicted octanol–water partition coefficient (Wildman–Crippen LogP) is 5.17. The lowest BCUT2D eigenvalue weighted by Crippen LogP contribution is -2.51. The first kappa shape index (κ1) is 31.7. The zero-order chi connectivity index (χ0) is 35.4. The van der Waals surface area contributed by atoms with E-state index >= 15 is 0 Å². The molecule has 0 aliphatic carbocycles. The van der Waals surface area contributed by atoms with Gasteiger partial charge >= 0.3 is 6.18 Å². The zero-order valence-corrected chi connectivity index (χ0v) is 26.6. The van der Waals surface area contributed by atoms with E-state index in [9.17, 15) is 27.6 Å². The van der Waals surface area contributed by atoms with Crippen LogP contribution in [0.1, 0.15) is 37.7 Å². The summed E-state index contributed by atoms with van der Waals surface area (Å²) in [6, 6.07) is 19.4. The fourth-order valence-corrected chi connectivity index (χ4v) is 6.50. The molecular weight excluding hydrogens is 665 g/mol. The van der Waals surface area contributed by atoms with Crippen LogP contribution in [0.4, 0.5) is 19.2 Å². The normalized spacial score (nSPS) is 13.8. The van der Waals surface area contributed by atoms with Gasteiger partial charge in [0, 0.05) is 44.2 Å². The summed E-state index contributed by atoms with van der Waals surface area (Å²) >= 11 is 0. The Morgan fingerprint density at radius 2 is 1.61 bits per heavy atom. The fourth-order valence-electron chi connectivity index (χ4n) is 6.50. The lowest BCUT2D eigenvalue weighted by Gasteiger charge is -2.35. The summed E-state index contributed by atoms with van der Waals surface area (Å²) in [7, 11) is 0. The number of carbonyl (C=O) groups excluding carboxylic acids is 2. The molecule has 0 atom stereocenters. The maximum absolute atomic E-state index is 14.2. The van der Waals surface area contributed by atoms with Crippen LogP contribution >= 0.6 is 0 Å². The number of aromatic amines is 1. The number of imidazole rings is 1. The van der Waals surface area contributed by atoms with Crippen LogP contribution in [0.5, 0.6) is 0 Å². The number of alkyl halides is 3. The standard InChI is InChI=1S/C36H27F3N8O4/c37-36(38,39)26-8-5-20(16-27-23-3-1-2-4-24(23)32(48)44-43-27)15-25(26)33(49)45-11-13-46(14-12-45)34(50)29-18-41-31-10-7-22(19-47(29)31)21-6-9-30-28(17-21)42-35(40)51-30/h1-10,15,17-19H,11-14,16H2,(H2,40,42)(H,44,48). The molecule has 0 saturated carbocycles. The number of halogens is 3. The molecule has 0 radical (unpaired) electrons. The van der Waals surface area contributed by atoms with Gasteiger partial charge in [0.2, 0.25) is 0 Å². The minimum atomic E-state index is -4.78. The van der Waals surface area contributed by atoms with Crippen molar-refractivity contribution in [2.75, 3.05) is 31.9 Å². The van der Waals surface area contributed by atoms with Gasteiger partial charge in [0.15, 0.2) is 5.58 Å². The third kappa shape index (κ3) is 5.81. The van der Waals surface area contributed by atoms with Gasteiger partial charge in [-0.3, -0.25) is 18.8 Å². The Kier molecular flexibility index (Phi) is 7.54. The first-order valence-electron chi connectivity index (χ1n) is 15.9. The average molecular weight is 693 g/mol. The molecule has 1 saturated heterocycles.